The van der Waals surface area contributed by atoms with Crippen LogP contribution in [0, 0.1) is 5.92 Å². The zero-order valence-corrected chi connectivity index (χ0v) is 15.0. The fraction of sp³-hybridized carbons (Fsp3) is 0.667. The van der Waals surface area contributed by atoms with Gasteiger partial charge in [-0.15, -0.1) is 0 Å². The number of hydrogen-bond acceptors (Lipinski definition) is 4. The van der Waals surface area contributed by atoms with E-state index < -0.39 is 5.51 Å². The Balaban J connectivity index is 1.92. The van der Waals surface area contributed by atoms with Gasteiger partial charge in [0.05, 0.1) is 0 Å². The lowest BCUT2D eigenvalue weighted by atomic mass is 9.80. The van der Waals surface area contributed by atoms with Gasteiger partial charge in [-0.2, -0.15) is 13.2 Å². The first-order valence-corrected chi connectivity index (χ1v) is 9.79. The maximum atomic E-state index is 12.8. The molecule has 1 saturated heterocycles. The predicted molar refractivity (Wildman–Crippen MR) is 93.8 cm³/mol. The minimum atomic E-state index is -4.32. The van der Waals surface area contributed by atoms with Crippen molar-refractivity contribution in [1.29, 1.82) is 0 Å². The van der Waals surface area contributed by atoms with Crippen molar-refractivity contribution in [2.45, 2.75) is 48.5 Å². The molecule has 25 heavy (non-hydrogen) atoms. The molecule has 0 spiro atoms. The van der Waals surface area contributed by atoms with Crippen molar-refractivity contribution >= 4 is 11.8 Å². The van der Waals surface area contributed by atoms with Gasteiger partial charge in [-0.1, -0.05) is 19.3 Å². The number of thioether (sulfide) groups is 1. The number of hydrogen-bond donors (Lipinski definition) is 2. The minimum absolute atomic E-state index is 0.00353. The second kappa shape index (κ2) is 8.18. The van der Waals surface area contributed by atoms with Gasteiger partial charge in [0.25, 0.3) is 0 Å². The summed E-state index contributed by atoms with van der Waals surface area (Å²) in [4.78, 5) is 2.49. The maximum absolute atomic E-state index is 12.8. The molecule has 1 aliphatic heterocycles. The molecule has 2 N–H and O–H groups in total. The zero-order chi connectivity index (χ0) is 17.9. The molecular weight excluding hydrogens is 349 g/mol. The van der Waals surface area contributed by atoms with Gasteiger partial charge < -0.3 is 10.4 Å². The molecule has 1 aromatic rings. The van der Waals surface area contributed by atoms with Gasteiger partial charge in [-0.25, -0.2) is 0 Å². The Hall–Kier alpha value is -0.920. The number of nitrogens with zero attached hydrogens (tertiary/aromatic N) is 1. The first kappa shape index (κ1) is 18.9. The van der Waals surface area contributed by atoms with Gasteiger partial charge >= 0.3 is 5.51 Å². The Morgan fingerprint density at radius 3 is 2.44 bits per heavy atom. The summed E-state index contributed by atoms with van der Waals surface area (Å²) < 4.78 is 38.3. The van der Waals surface area contributed by atoms with E-state index in [0.717, 1.165) is 51.9 Å². The van der Waals surface area contributed by atoms with Gasteiger partial charge in [0.2, 0.25) is 0 Å². The third kappa shape index (κ3) is 5.05. The summed E-state index contributed by atoms with van der Waals surface area (Å²) in [5.41, 5.74) is -3.66. The lowest BCUT2D eigenvalue weighted by Gasteiger charge is -2.41. The quantitative estimate of drug-likeness (QED) is 0.759. The smallest absolute Gasteiger partial charge is 0.446 e. The molecule has 7 heteroatoms. The van der Waals surface area contributed by atoms with E-state index in [1.54, 1.807) is 6.07 Å². The molecule has 1 saturated carbocycles. The molecule has 1 heterocycles. The van der Waals surface area contributed by atoms with Crippen LogP contribution in [0.3, 0.4) is 0 Å². The maximum Gasteiger partial charge on any atom is 0.446 e. The van der Waals surface area contributed by atoms with Crippen LogP contribution in [0.4, 0.5) is 13.2 Å². The van der Waals surface area contributed by atoms with Crippen LogP contribution in [-0.2, 0) is 0 Å². The van der Waals surface area contributed by atoms with E-state index in [9.17, 15) is 18.3 Å². The number of aromatic hydroxyl groups is 1. The number of rotatable bonds is 4. The van der Waals surface area contributed by atoms with Crippen LogP contribution < -0.4 is 5.32 Å². The van der Waals surface area contributed by atoms with E-state index in [1.165, 1.54) is 18.6 Å². The molecule has 1 aromatic carbocycles. The fourth-order valence-electron chi connectivity index (χ4n) is 4.13. The minimum Gasteiger partial charge on any atom is -0.508 e. The Labute approximate surface area is 151 Å². The molecule has 1 atom stereocenters. The first-order chi connectivity index (χ1) is 11.9. The lowest BCUT2D eigenvalue weighted by molar-refractivity contribution is -0.0328. The van der Waals surface area contributed by atoms with Gasteiger partial charge in [-0.05, 0) is 48.7 Å². The summed E-state index contributed by atoms with van der Waals surface area (Å²) in [6.45, 7) is 3.47. The molecule has 0 aromatic heterocycles. The third-order valence-electron chi connectivity index (χ3n) is 5.19. The molecule has 0 bridgehead atoms. The van der Waals surface area contributed by atoms with Crippen molar-refractivity contribution < 1.29 is 18.3 Å². The second-order valence-corrected chi connectivity index (χ2v) is 8.04. The summed E-state index contributed by atoms with van der Waals surface area (Å²) in [6.07, 6.45) is 5.69. The van der Waals surface area contributed by atoms with Gasteiger partial charge in [0.15, 0.2) is 0 Å². The molecule has 1 aliphatic carbocycles. The topological polar surface area (TPSA) is 35.5 Å². The number of benzene rings is 1. The SMILES string of the molecule is Oc1ccc(SC(F)(F)F)cc1[C@@H](C1CCCCC1)N1CCNCC1. The molecule has 3 rings (SSSR count). The summed E-state index contributed by atoms with van der Waals surface area (Å²) in [5, 5.41) is 13.8. The normalized spacial score (nSPS) is 22.0. The van der Waals surface area contributed by atoms with Crippen LogP contribution >= 0.6 is 11.8 Å². The van der Waals surface area contributed by atoms with E-state index in [1.807, 2.05) is 0 Å². The number of alkyl halides is 3. The van der Waals surface area contributed by atoms with Crippen LogP contribution in [0.25, 0.3) is 0 Å². The van der Waals surface area contributed by atoms with Crippen LogP contribution in [-0.4, -0.2) is 41.7 Å². The molecule has 2 fully saturated rings. The number of halogens is 3. The largest absolute Gasteiger partial charge is 0.508 e. The number of piperazine rings is 1. The molecule has 2 aliphatic rings. The van der Waals surface area contributed by atoms with Crippen molar-refractivity contribution in [3.63, 3.8) is 0 Å². The highest BCUT2D eigenvalue weighted by Crippen LogP contribution is 2.44. The van der Waals surface area contributed by atoms with E-state index in [2.05, 4.69) is 10.2 Å². The number of nitrogens with one attached hydrogen (secondary N) is 1. The Morgan fingerprint density at radius 1 is 1.12 bits per heavy atom. The highest BCUT2D eigenvalue weighted by molar-refractivity contribution is 8.00. The number of phenols is 1. The van der Waals surface area contributed by atoms with Gasteiger partial charge in [0, 0.05) is 42.7 Å². The van der Waals surface area contributed by atoms with Crippen molar-refractivity contribution in [2.24, 2.45) is 5.92 Å². The lowest BCUT2D eigenvalue weighted by Crippen LogP contribution is -2.47. The molecule has 140 valence electrons. The third-order valence-corrected chi connectivity index (χ3v) is 5.91. The standard InChI is InChI=1S/C18H25F3N2OS/c19-18(20,21)25-14-6-7-16(24)15(12-14)17(13-4-2-1-3-5-13)23-10-8-22-9-11-23/h6-7,12-13,17,22,24H,1-5,8-11H2/t17-/m1/s1. The first-order valence-electron chi connectivity index (χ1n) is 8.97. The predicted octanol–water partition coefficient (Wildman–Crippen LogP) is 4.53. The van der Waals surface area contributed by atoms with Crippen LogP contribution in [0.15, 0.2) is 23.1 Å². The summed E-state index contributed by atoms with van der Waals surface area (Å²) >= 11 is -0.108. The molecule has 0 amide bonds. The van der Waals surface area contributed by atoms with Crippen molar-refractivity contribution in [3.05, 3.63) is 23.8 Å². The van der Waals surface area contributed by atoms with Crippen LogP contribution in [0.1, 0.15) is 43.7 Å². The van der Waals surface area contributed by atoms with Crippen LogP contribution in [0.2, 0.25) is 0 Å². The molecule has 3 nitrogen and oxygen atoms in total. The highest BCUT2D eigenvalue weighted by Gasteiger charge is 2.34. The van der Waals surface area contributed by atoms with Crippen LogP contribution in [0.5, 0.6) is 5.75 Å². The average molecular weight is 374 g/mol. The van der Waals surface area contributed by atoms with E-state index in [0.29, 0.717) is 11.5 Å². The summed E-state index contributed by atoms with van der Waals surface area (Å²) in [5.74, 6) is 0.504. The van der Waals surface area contributed by atoms with Crippen molar-refractivity contribution in [3.8, 4) is 5.75 Å². The molecule has 0 unspecified atom stereocenters. The zero-order valence-electron chi connectivity index (χ0n) is 14.2. The number of phenolic OH excluding ortho intramolecular Hbond substituents is 1. The van der Waals surface area contributed by atoms with Gasteiger partial charge in [0.1, 0.15) is 5.75 Å². The molecular formula is C18H25F3N2OS. The Kier molecular flexibility index (Phi) is 6.17. The summed E-state index contributed by atoms with van der Waals surface area (Å²) in [7, 11) is 0. The van der Waals surface area contributed by atoms with E-state index in [-0.39, 0.29) is 28.4 Å². The average Bonchev–Trinajstić information content (AvgIpc) is 2.59. The second-order valence-electron chi connectivity index (χ2n) is 6.90. The van der Waals surface area contributed by atoms with E-state index in [4.69, 9.17) is 0 Å². The monoisotopic (exact) mass is 374 g/mol. The Morgan fingerprint density at radius 2 is 1.80 bits per heavy atom. The van der Waals surface area contributed by atoms with Crippen molar-refractivity contribution in [1.82, 2.24) is 10.2 Å². The highest BCUT2D eigenvalue weighted by atomic mass is 32.2. The fourth-order valence-corrected chi connectivity index (χ4v) is 4.71. The van der Waals surface area contributed by atoms with Crippen molar-refractivity contribution in [2.75, 3.05) is 26.2 Å². The Bertz CT molecular complexity index is 552. The summed E-state index contributed by atoms with van der Waals surface area (Å²) in [6, 6.07) is 4.32. The molecule has 0 radical (unpaired) electrons. The van der Waals surface area contributed by atoms with E-state index >= 15 is 0 Å². The van der Waals surface area contributed by atoms with Gasteiger partial charge in [-0.3, -0.25) is 4.90 Å².